The molecule has 0 radical (unpaired) electrons. The van der Waals surface area contributed by atoms with Crippen LogP contribution in [0.3, 0.4) is 0 Å². The van der Waals surface area contributed by atoms with Crippen LogP contribution in [0.1, 0.15) is 15.9 Å². The van der Waals surface area contributed by atoms with Gasteiger partial charge in [-0.3, -0.25) is 9.69 Å². The second-order valence-corrected chi connectivity index (χ2v) is 8.64. The Bertz CT molecular complexity index is 1210. The van der Waals surface area contributed by atoms with E-state index in [-0.39, 0.29) is 11.7 Å². The Kier molecular flexibility index (Phi) is 5.20. The molecule has 0 spiro atoms. The predicted octanol–water partition coefficient (Wildman–Crippen LogP) is 3.77. The maximum absolute atomic E-state index is 13.4. The first kappa shape index (κ1) is 20.1. The predicted molar refractivity (Wildman–Crippen MR) is 121 cm³/mol. The fourth-order valence-electron chi connectivity index (χ4n) is 4.50. The summed E-state index contributed by atoms with van der Waals surface area (Å²) in [4.78, 5) is 29.9. The molecule has 1 fully saturated rings. The average molecular weight is 439 g/mol. The first-order valence-electron chi connectivity index (χ1n) is 10.5. The monoisotopic (exact) mass is 438 g/mol. The van der Waals surface area contributed by atoms with Crippen molar-refractivity contribution in [2.45, 2.75) is 6.92 Å². The third kappa shape index (κ3) is 3.82. The Labute approximate surface area is 185 Å². The van der Waals surface area contributed by atoms with Gasteiger partial charge in [-0.1, -0.05) is 17.7 Å². The van der Waals surface area contributed by atoms with Crippen molar-refractivity contribution in [2.24, 2.45) is 5.92 Å². The second kappa shape index (κ2) is 8.02. The van der Waals surface area contributed by atoms with E-state index in [2.05, 4.69) is 15.9 Å². The van der Waals surface area contributed by atoms with Gasteiger partial charge in [-0.05, 0) is 42.8 Å². The first-order valence-corrected chi connectivity index (χ1v) is 10.8. The van der Waals surface area contributed by atoms with Crippen LogP contribution in [0.15, 0.2) is 51.7 Å². The molecule has 7 heteroatoms. The summed E-state index contributed by atoms with van der Waals surface area (Å²) in [6.07, 6.45) is 0. The quantitative estimate of drug-likeness (QED) is 0.580. The zero-order chi connectivity index (χ0) is 21.5. The number of carbonyl (C=O) groups excluding carboxylic acids is 1. The third-order valence-electron chi connectivity index (χ3n) is 6.16. The lowest BCUT2D eigenvalue weighted by molar-refractivity contribution is 0.0764. The number of halogens is 1. The SMILES string of the molecule is Cc1cc(=O)oc2c3c(ccc12)OCC(CN1CCN(c2cccc(Cl)c2)CC1)C3=O. The molecular formula is C24H23ClN2O4. The molecule has 5 rings (SSSR count). The van der Waals surface area contributed by atoms with Crippen LogP contribution in [0, 0.1) is 12.8 Å². The number of piperazine rings is 1. The number of fused-ring (bicyclic) bond motifs is 3. The van der Waals surface area contributed by atoms with Gasteiger partial charge >= 0.3 is 5.63 Å². The number of anilines is 1. The number of aryl methyl sites for hydroxylation is 1. The fourth-order valence-corrected chi connectivity index (χ4v) is 4.68. The highest BCUT2D eigenvalue weighted by molar-refractivity contribution is 6.30. The van der Waals surface area contributed by atoms with E-state index in [1.165, 1.54) is 6.07 Å². The van der Waals surface area contributed by atoms with Crippen molar-refractivity contribution in [1.82, 2.24) is 4.90 Å². The van der Waals surface area contributed by atoms with Crippen molar-refractivity contribution < 1.29 is 13.9 Å². The zero-order valence-electron chi connectivity index (χ0n) is 17.3. The van der Waals surface area contributed by atoms with Gasteiger partial charge in [-0.15, -0.1) is 0 Å². The van der Waals surface area contributed by atoms with Gasteiger partial charge in [0.05, 0.1) is 12.5 Å². The van der Waals surface area contributed by atoms with Crippen LogP contribution in [-0.4, -0.2) is 50.0 Å². The Morgan fingerprint density at radius 1 is 1.06 bits per heavy atom. The number of rotatable bonds is 3. The molecule has 160 valence electrons. The van der Waals surface area contributed by atoms with Crippen LogP contribution >= 0.6 is 11.6 Å². The molecule has 1 saturated heterocycles. The van der Waals surface area contributed by atoms with Gasteiger partial charge < -0.3 is 14.1 Å². The molecular weight excluding hydrogens is 416 g/mol. The largest absolute Gasteiger partial charge is 0.492 e. The van der Waals surface area contributed by atoms with Crippen LogP contribution in [0.4, 0.5) is 5.69 Å². The number of ketones is 1. The molecule has 0 N–H and O–H groups in total. The molecule has 1 unspecified atom stereocenters. The van der Waals surface area contributed by atoms with Gasteiger partial charge in [0.15, 0.2) is 11.4 Å². The van der Waals surface area contributed by atoms with Crippen molar-refractivity contribution in [2.75, 3.05) is 44.2 Å². The summed E-state index contributed by atoms with van der Waals surface area (Å²) >= 11 is 6.12. The smallest absolute Gasteiger partial charge is 0.336 e. The number of Topliss-reactive ketones (excluding diaryl/α,β-unsaturated/α-hetero) is 1. The number of ether oxygens (including phenoxy) is 1. The van der Waals surface area contributed by atoms with Gasteiger partial charge in [0, 0.05) is 54.9 Å². The highest BCUT2D eigenvalue weighted by Crippen LogP contribution is 2.34. The van der Waals surface area contributed by atoms with E-state index in [1.54, 1.807) is 6.07 Å². The standard InChI is InChI=1S/C24H23ClN2O4/c1-15-11-21(28)31-24-19(15)5-6-20-22(24)23(29)16(14-30-20)13-26-7-9-27(10-8-26)18-4-2-3-17(25)12-18/h2-6,11-12,16H,7-10,13-14H2,1H3. The lowest BCUT2D eigenvalue weighted by atomic mass is 9.92. The number of hydrogen-bond acceptors (Lipinski definition) is 6. The van der Waals surface area contributed by atoms with Crippen molar-refractivity contribution in [3.63, 3.8) is 0 Å². The van der Waals surface area contributed by atoms with E-state index >= 15 is 0 Å². The maximum atomic E-state index is 13.4. The normalized spacial score (nSPS) is 19.4. The summed E-state index contributed by atoms with van der Waals surface area (Å²) in [5, 5.41) is 1.50. The lowest BCUT2D eigenvalue weighted by Gasteiger charge is -2.38. The molecule has 2 aliphatic rings. The van der Waals surface area contributed by atoms with Crippen LogP contribution in [0.5, 0.6) is 5.75 Å². The van der Waals surface area contributed by atoms with Crippen LogP contribution < -0.4 is 15.3 Å². The molecule has 0 aliphatic carbocycles. The van der Waals surface area contributed by atoms with E-state index in [9.17, 15) is 9.59 Å². The summed E-state index contributed by atoms with van der Waals surface area (Å²) in [5.74, 6) is 0.188. The molecule has 3 aromatic rings. The van der Waals surface area contributed by atoms with Gasteiger partial charge in [-0.25, -0.2) is 4.79 Å². The van der Waals surface area contributed by atoms with Gasteiger partial charge in [0.2, 0.25) is 0 Å². The molecule has 0 bridgehead atoms. The molecule has 1 aromatic heterocycles. The molecule has 2 aliphatic heterocycles. The average Bonchev–Trinajstić information content (AvgIpc) is 2.75. The number of carbonyl (C=O) groups is 1. The van der Waals surface area contributed by atoms with E-state index < -0.39 is 5.63 Å². The topological polar surface area (TPSA) is 63.0 Å². The molecule has 31 heavy (non-hydrogen) atoms. The van der Waals surface area contributed by atoms with E-state index in [1.807, 2.05) is 31.2 Å². The summed E-state index contributed by atoms with van der Waals surface area (Å²) in [5.41, 5.74) is 2.19. The summed E-state index contributed by atoms with van der Waals surface area (Å²) in [6.45, 7) is 6.25. The highest BCUT2D eigenvalue weighted by Gasteiger charge is 2.34. The summed E-state index contributed by atoms with van der Waals surface area (Å²) < 4.78 is 11.3. The number of hydrogen-bond donors (Lipinski definition) is 0. The van der Waals surface area contributed by atoms with Crippen molar-refractivity contribution in [1.29, 1.82) is 0 Å². The molecule has 1 atom stereocenters. The fraction of sp³-hybridized carbons (Fsp3) is 0.333. The number of nitrogens with zero attached hydrogens (tertiary/aromatic N) is 2. The van der Waals surface area contributed by atoms with E-state index in [0.717, 1.165) is 47.8 Å². The van der Waals surface area contributed by atoms with Gasteiger partial charge in [0.1, 0.15) is 11.3 Å². The van der Waals surface area contributed by atoms with Crippen LogP contribution in [-0.2, 0) is 0 Å². The van der Waals surface area contributed by atoms with Crippen molar-refractivity contribution in [3.8, 4) is 5.75 Å². The molecule has 3 heterocycles. The summed E-state index contributed by atoms with van der Waals surface area (Å²) in [6, 6.07) is 13.0. The molecule has 0 saturated carbocycles. The highest BCUT2D eigenvalue weighted by atomic mass is 35.5. The first-order chi connectivity index (χ1) is 15.0. The summed E-state index contributed by atoms with van der Waals surface area (Å²) in [7, 11) is 0. The molecule has 0 amide bonds. The minimum Gasteiger partial charge on any atom is -0.492 e. The number of benzene rings is 2. The van der Waals surface area contributed by atoms with Crippen molar-refractivity contribution in [3.05, 3.63) is 69.0 Å². The Morgan fingerprint density at radius 2 is 1.87 bits per heavy atom. The van der Waals surface area contributed by atoms with Gasteiger partial charge in [0.25, 0.3) is 0 Å². The molecule has 2 aromatic carbocycles. The zero-order valence-corrected chi connectivity index (χ0v) is 18.0. The third-order valence-corrected chi connectivity index (χ3v) is 6.40. The van der Waals surface area contributed by atoms with Gasteiger partial charge in [-0.2, -0.15) is 0 Å². The molecule has 6 nitrogen and oxygen atoms in total. The lowest BCUT2D eigenvalue weighted by Crippen LogP contribution is -2.49. The van der Waals surface area contributed by atoms with Crippen molar-refractivity contribution >= 4 is 34.0 Å². The van der Waals surface area contributed by atoms with Crippen LogP contribution in [0.25, 0.3) is 11.0 Å². The maximum Gasteiger partial charge on any atom is 0.336 e. The van der Waals surface area contributed by atoms with E-state index in [0.29, 0.717) is 30.0 Å². The Balaban J connectivity index is 1.32. The minimum atomic E-state index is -0.453. The Hall–Kier alpha value is -2.83. The Morgan fingerprint density at radius 3 is 2.65 bits per heavy atom. The van der Waals surface area contributed by atoms with E-state index in [4.69, 9.17) is 20.8 Å². The second-order valence-electron chi connectivity index (χ2n) is 8.20. The minimum absolute atomic E-state index is 0.0159. The van der Waals surface area contributed by atoms with Crippen LogP contribution in [0.2, 0.25) is 5.02 Å².